The molecule has 0 saturated carbocycles. The zero-order valence-electron chi connectivity index (χ0n) is 15.5. The minimum absolute atomic E-state index is 0.182. The summed E-state index contributed by atoms with van der Waals surface area (Å²) in [5.74, 6) is 1.84. The van der Waals surface area contributed by atoms with Crippen molar-refractivity contribution in [3.8, 4) is 17.2 Å². The SMILES string of the molecule is CCOc1ccc([C@@H](C)NS(=O)(=O)c2ccc(OC)cc2)cc1OCC. The Morgan fingerprint density at radius 3 is 2.15 bits per heavy atom. The summed E-state index contributed by atoms with van der Waals surface area (Å²) >= 11 is 0. The van der Waals surface area contributed by atoms with Crippen LogP contribution in [0.2, 0.25) is 0 Å². The molecule has 1 N–H and O–H groups in total. The van der Waals surface area contributed by atoms with Gasteiger partial charge in [-0.15, -0.1) is 0 Å². The molecule has 0 aliphatic heterocycles. The maximum Gasteiger partial charge on any atom is 0.241 e. The average Bonchev–Trinajstić information content (AvgIpc) is 2.63. The van der Waals surface area contributed by atoms with Crippen molar-refractivity contribution in [2.75, 3.05) is 20.3 Å². The molecule has 2 aromatic rings. The number of hydrogen-bond acceptors (Lipinski definition) is 5. The predicted molar refractivity (Wildman–Crippen MR) is 101 cm³/mol. The van der Waals surface area contributed by atoms with Gasteiger partial charge in [-0.25, -0.2) is 13.1 Å². The van der Waals surface area contributed by atoms with Crippen molar-refractivity contribution in [1.82, 2.24) is 4.72 Å². The zero-order valence-corrected chi connectivity index (χ0v) is 16.3. The van der Waals surface area contributed by atoms with Crippen LogP contribution in [0.25, 0.3) is 0 Å². The van der Waals surface area contributed by atoms with Crippen LogP contribution in [0.5, 0.6) is 17.2 Å². The molecule has 0 radical (unpaired) electrons. The first kappa shape index (κ1) is 20.1. The molecule has 26 heavy (non-hydrogen) atoms. The molecule has 0 saturated heterocycles. The highest BCUT2D eigenvalue weighted by Crippen LogP contribution is 2.31. The minimum Gasteiger partial charge on any atom is -0.497 e. The highest BCUT2D eigenvalue weighted by atomic mass is 32.2. The Kier molecular flexibility index (Phi) is 6.88. The van der Waals surface area contributed by atoms with Gasteiger partial charge < -0.3 is 14.2 Å². The van der Waals surface area contributed by atoms with E-state index in [1.807, 2.05) is 19.9 Å². The zero-order chi connectivity index (χ0) is 19.2. The average molecular weight is 379 g/mol. The van der Waals surface area contributed by atoms with Crippen molar-refractivity contribution in [3.63, 3.8) is 0 Å². The Labute approximate surface area is 155 Å². The van der Waals surface area contributed by atoms with Gasteiger partial charge in [-0.1, -0.05) is 6.07 Å². The summed E-state index contributed by atoms with van der Waals surface area (Å²) in [5.41, 5.74) is 0.786. The monoisotopic (exact) mass is 379 g/mol. The molecule has 7 heteroatoms. The van der Waals surface area contributed by atoms with E-state index < -0.39 is 16.1 Å². The van der Waals surface area contributed by atoms with Crippen LogP contribution >= 0.6 is 0 Å². The van der Waals surface area contributed by atoms with E-state index in [9.17, 15) is 8.42 Å². The summed E-state index contributed by atoms with van der Waals surface area (Å²) in [6.45, 7) is 6.59. The topological polar surface area (TPSA) is 73.9 Å². The lowest BCUT2D eigenvalue weighted by atomic mass is 10.1. The van der Waals surface area contributed by atoms with E-state index >= 15 is 0 Å². The molecule has 142 valence electrons. The van der Waals surface area contributed by atoms with Gasteiger partial charge in [-0.3, -0.25) is 0 Å². The van der Waals surface area contributed by atoms with Crippen LogP contribution in [-0.2, 0) is 10.0 Å². The summed E-state index contributed by atoms with van der Waals surface area (Å²) in [6.07, 6.45) is 0. The van der Waals surface area contributed by atoms with Gasteiger partial charge in [0.2, 0.25) is 10.0 Å². The van der Waals surface area contributed by atoms with E-state index in [0.29, 0.717) is 30.5 Å². The number of hydrogen-bond donors (Lipinski definition) is 1. The fraction of sp³-hybridized carbons (Fsp3) is 0.368. The highest BCUT2D eigenvalue weighted by molar-refractivity contribution is 7.89. The third kappa shape index (κ3) is 4.89. The lowest BCUT2D eigenvalue weighted by Crippen LogP contribution is -2.26. The van der Waals surface area contributed by atoms with Crippen LogP contribution in [0.1, 0.15) is 32.4 Å². The lowest BCUT2D eigenvalue weighted by Gasteiger charge is -2.17. The number of ether oxygens (including phenoxy) is 3. The summed E-state index contributed by atoms with van der Waals surface area (Å²) in [7, 11) is -2.12. The normalized spacial score (nSPS) is 12.5. The van der Waals surface area contributed by atoms with E-state index in [-0.39, 0.29) is 4.90 Å². The smallest absolute Gasteiger partial charge is 0.241 e. The Morgan fingerprint density at radius 1 is 0.962 bits per heavy atom. The molecule has 2 rings (SSSR count). The minimum atomic E-state index is -3.66. The van der Waals surface area contributed by atoms with Gasteiger partial charge in [-0.05, 0) is 62.7 Å². The van der Waals surface area contributed by atoms with E-state index in [0.717, 1.165) is 5.56 Å². The fourth-order valence-electron chi connectivity index (χ4n) is 2.46. The second kappa shape index (κ2) is 8.91. The summed E-state index contributed by atoms with van der Waals surface area (Å²) in [5, 5.41) is 0. The van der Waals surface area contributed by atoms with Crippen LogP contribution in [0.3, 0.4) is 0 Å². The molecule has 0 aliphatic carbocycles. The van der Waals surface area contributed by atoms with Crippen molar-refractivity contribution in [3.05, 3.63) is 48.0 Å². The molecule has 0 aromatic heterocycles. The van der Waals surface area contributed by atoms with E-state index in [2.05, 4.69) is 4.72 Å². The van der Waals surface area contributed by atoms with Gasteiger partial charge in [0, 0.05) is 6.04 Å². The number of benzene rings is 2. The standard InChI is InChI=1S/C19H25NO5S/c1-5-24-18-12-7-15(13-19(18)25-6-2)14(3)20-26(21,22)17-10-8-16(23-4)9-11-17/h7-14,20H,5-6H2,1-4H3/t14-/m1/s1. The van der Waals surface area contributed by atoms with Crippen molar-refractivity contribution < 1.29 is 22.6 Å². The van der Waals surface area contributed by atoms with Crippen LogP contribution in [-0.4, -0.2) is 28.7 Å². The fourth-order valence-corrected chi connectivity index (χ4v) is 3.69. The third-order valence-corrected chi connectivity index (χ3v) is 5.33. The predicted octanol–water partition coefficient (Wildman–Crippen LogP) is 3.53. The molecule has 0 unspecified atom stereocenters. The molecule has 0 aliphatic rings. The Hall–Kier alpha value is -2.25. The van der Waals surface area contributed by atoms with Gasteiger partial charge in [-0.2, -0.15) is 0 Å². The largest absolute Gasteiger partial charge is 0.497 e. The maximum atomic E-state index is 12.6. The Bertz CT molecular complexity index is 818. The first-order chi connectivity index (χ1) is 12.4. The van der Waals surface area contributed by atoms with Crippen molar-refractivity contribution in [1.29, 1.82) is 0 Å². The van der Waals surface area contributed by atoms with Crippen molar-refractivity contribution >= 4 is 10.0 Å². The molecule has 0 heterocycles. The number of sulfonamides is 1. The quantitative estimate of drug-likeness (QED) is 0.721. The summed E-state index contributed by atoms with van der Waals surface area (Å²) in [6, 6.07) is 11.2. The number of nitrogens with one attached hydrogen (secondary N) is 1. The van der Waals surface area contributed by atoms with Crippen LogP contribution in [0.4, 0.5) is 0 Å². The Balaban J connectivity index is 2.22. The maximum absolute atomic E-state index is 12.6. The van der Waals surface area contributed by atoms with E-state index in [4.69, 9.17) is 14.2 Å². The van der Waals surface area contributed by atoms with Gasteiger partial charge in [0.15, 0.2) is 11.5 Å². The van der Waals surface area contributed by atoms with Crippen LogP contribution < -0.4 is 18.9 Å². The number of rotatable bonds is 9. The molecule has 0 fully saturated rings. The van der Waals surface area contributed by atoms with Crippen molar-refractivity contribution in [2.45, 2.75) is 31.7 Å². The molecule has 6 nitrogen and oxygen atoms in total. The number of methoxy groups -OCH3 is 1. The molecule has 1 atom stereocenters. The van der Waals surface area contributed by atoms with Gasteiger partial charge in [0.1, 0.15) is 5.75 Å². The molecule has 0 bridgehead atoms. The second-order valence-electron chi connectivity index (χ2n) is 5.59. The van der Waals surface area contributed by atoms with Gasteiger partial charge >= 0.3 is 0 Å². The first-order valence-corrected chi connectivity index (χ1v) is 9.95. The molecular formula is C19H25NO5S. The van der Waals surface area contributed by atoms with E-state index in [1.165, 1.54) is 19.2 Å². The molecular weight excluding hydrogens is 354 g/mol. The van der Waals surface area contributed by atoms with Crippen molar-refractivity contribution in [2.24, 2.45) is 0 Å². The van der Waals surface area contributed by atoms with E-state index in [1.54, 1.807) is 31.2 Å². The Morgan fingerprint density at radius 2 is 1.58 bits per heavy atom. The van der Waals surface area contributed by atoms with Gasteiger partial charge in [0.25, 0.3) is 0 Å². The lowest BCUT2D eigenvalue weighted by molar-refractivity contribution is 0.287. The van der Waals surface area contributed by atoms with Gasteiger partial charge in [0.05, 0.1) is 25.2 Å². The molecule has 2 aromatic carbocycles. The highest BCUT2D eigenvalue weighted by Gasteiger charge is 2.19. The van der Waals surface area contributed by atoms with Crippen LogP contribution in [0, 0.1) is 0 Å². The second-order valence-corrected chi connectivity index (χ2v) is 7.30. The van der Waals surface area contributed by atoms with Crippen LogP contribution in [0.15, 0.2) is 47.4 Å². The third-order valence-electron chi connectivity index (χ3n) is 3.77. The summed E-state index contributed by atoms with van der Waals surface area (Å²) < 4.78 is 44.1. The molecule has 0 amide bonds. The molecule has 0 spiro atoms. The first-order valence-electron chi connectivity index (χ1n) is 8.47. The summed E-state index contributed by atoms with van der Waals surface area (Å²) in [4.78, 5) is 0.182.